The van der Waals surface area contributed by atoms with Crippen LogP contribution in [0.3, 0.4) is 0 Å². The lowest BCUT2D eigenvalue weighted by Crippen LogP contribution is -2.39. The van der Waals surface area contributed by atoms with Crippen molar-refractivity contribution in [2.24, 2.45) is 0 Å². The Balaban J connectivity index is 1.83. The summed E-state index contributed by atoms with van der Waals surface area (Å²) in [5.41, 5.74) is 5.95. The van der Waals surface area contributed by atoms with E-state index in [0.717, 1.165) is 35.5 Å². The van der Waals surface area contributed by atoms with E-state index in [1.807, 2.05) is 26.1 Å². The van der Waals surface area contributed by atoms with Gasteiger partial charge in [0.25, 0.3) is 5.91 Å². The summed E-state index contributed by atoms with van der Waals surface area (Å²) in [6.07, 6.45) is 8.37. The van der Waals surface area contributed by atoms with Gasteiger partial charge in [0.1, 0.15) is 0 Å². The Morgan fingerprint density at radius 3 is 2.58 bits per heavy atom. The number of piperidine rings is 1. The molecular formula is C22H29N3O. The lowest BCUT2D eigenvalue weighted by atomic mass is 9.99. The predicted molar refractivity (Wildman–Crippen MR) is 108 cm³/mol. The molecule has 1 aliphatic rings. The highest BCUT2D eigenvalue weighted by Gasteiger charge is 2.22. The largest absolute Gasteiger partial charge is 0.367 e. The lowest BCUT2D eigenvalue weighted by Gasteiger charge is -2.37. The molecule has 2 heterocycles. The highest BCUT2D eigenvalue weighted by molar-refractivity contribution is 6.05. The zero-order valence-electron chi connectivity index (χ0n) is 16.3. The number of hydrogen-bond donors (Lipinski definition) is 1. The molecule has 1 fully saturated rings. The zero-order chi connectivity index (χ0) is 18.7. The van der Waals surface area contributed by atoms with Gasteiger partial charge in [-0.05, 0) is 63.6 Å². The molecule has 0 spiro atoms. The van der Waals surface area contributed by atoms with Gasteiger partial charge < -0.3 is 10.2 Å². The smallest absolute Gasteiger partial charge is 0.257 e. The lowest BCUT2D eigenvalue weighted by molar-refractivity contribution is 0.102. The molecule has 4 heteroatoms. The Kier molecular flexibility index (Phi) is 5.60. The molecule has 1 amide bonds. The first-order valence-electron chi connectivity index (χ1n) is 9.60. The predicted octanol–water partition coefficient (Wildman–Crippen LogP) is 5.03. The molecule has 0 radical (unpaired) electrons. The van der Waals surface area contributed by atoms with Gasteiger partial charge >= 0.3 is 0 Å². The number of nitrogens with zero attached hydrogens (tertiary/aromatic N) is 2. The van der Waals surface area contributed by atoms with Crippen LogP contribution in [0.25, 0.3) is 0 Å². The second kappa shape index (κ2) is 7.90. The van der Waals surface area contributed by atoms with Crippen molar-refractivity contribution in [1.82, 2.24) is 4.98 Å². The summed E-state index contributed by atoms with van der Waals surface area (Å²) < 4.78 is 0. The first-order valence-corrected chi connectivity index (χ1v) is 9.60. The van der Waals surface area contributed by atoms with Gasteiger partial charge in [-0.15, -0.1) is 0 Å². The van der Waals surface area contributed by atoms with Crippen LogP contribution in [0, 0.1) is 20.8 Å². The van der Waals surface area contributed by atoms with E-state index in [4.69, 9.17) is 0 Å². The monoisotopic (exact) mass is 351 g/mol. The molecule has 3 rings (SSSR count). The molecule has 138 valence electrons. The maximum atomic E-state index is 12.8. The molecule has 1 atom stereocenters. The first-order chi connectivity index (χ1) is 12.5. The summed E-state index contributed by atoms with van der Waals surface area (Å²) in [4.78, 5) is 19.6. The fraction of sp³-hybridized carbons (Fsp3) is 0.455. The number of carbonyl (C=O) groups excluding carboxylic acids is 1. The number of rotatable bonds is 4. The topological polar surface area (TPSA) is 45.2 Å². The van der Waals surface area contributed by atoms with Gasteiger partial charge in [0.2, 0.25) is 0 Å². The third-order valence-electron chi connectivity index (χ3n) is 5.33. The van der Waals surface area contributed by atoms with E-state index in [1.54, 1.807) is 6.20 Å². The van der Waals surface area contributed by atoms with E-state index in [-0.39, 0.29) is 5.91 Å². The summed E-state index contributed by atoms with van der Waals surface area (Å²) in [5, 5.41) is 3.08. The van der Waals surface area contributed by atoms with Crippen molar-refractivity contribution in [3.8, 4) is 0 Å². The van der Waals surface area contributed by atoms with Crippen LogP contribution in [0.15, 0.2) is 30.6 Å². The van der Waals surface area contributed by atoms with Crippen molar-refractivity contribution in [2.45, 2.75) is 59.4 Å². The molecule has 0 saturated carbocycles. The number of anilines is 2. The number of hydrogen-bond acceptors (Lipinski definition) is 3. The number of carbonyl (C=O) groups is 1. The molecule has 26 heavy (non-hydrogen) atoms. The number of aryl methyl sites for hydroxylation is 3. The van der Waals surface area contributed by atoms with Crippen LogP contribution in [-0.4, -0.2) is 23.5 Å². The molecule has 0 aliphatic carbocycles. The van der Waals surface area contributed by atoms with Crippen LogP contribution >= 0.6 is 0 Å². The fourth-order valence-electron chi connectivity index (χ4n) is 4.04. The van der Waals surface area contributed by atoms with Crippen LogP contribution in [-0.2, 0) is 0 Å². The fourth-order valence-corrected chi connectivity index (χ4v) is 4.04. The Hall–Kier alpha value is -2.36. The van der Waals surface area contributed by atoms with Crippen molar-refractivity contribution >= 4 is 17.3 Å². The second-order valence-electron chi connectivity index (χ2n) is 7.41. The Morgan fingerprint density at radius 1 is 1.15 bits per heavy atom. The van der Waals surface area contributed by atoms with Crippen LogP contribution in [0.2, 0.25) is 0 Å². The highest BCUT2D eigenvalue weighted by atomic mass is 16.1. The average Bonchev–Trinajstić information content (AvgIpc) is 2.64. The molecular weight excluding hydrogens is 322 g/mol. The number of aromatic nitrogens is 1. The van der Waals surface area contributed by atoms with Gasteiger partial charge in [0.15, 0.2) is 0 Å². The molecule has 1 unspecified atom stereocenters. The summed E-state index contributed by atoms with van der Waals surface area (Å²) >= 11 is 0. The van der Waals surface area contributed by atoms with Crippen molar-refractivity contribution in [3.05, 3.63) is 52.8 Å². The average molecular weight is 351 g/mol. The highest BCUT2D eigenvalue weighted by Crippen LogP contribution is 2.27. The van der Waals surface area contributed by atoms with E-state index in [2.05, 4.69) is 41.2 Å². The molecule has 0 bridgehead atoms. The first kappa shape index (κ1) is 18.4. The number of pyridine rings is 1. The normalized spacial score (nSPS) is 17.2. The van der Waals surface area contributed by atoms with Crippen LogP contribution in [0.5, 0.6) is 0 Å². The van der Waals surface area contributed by atoms with E-state index in [1.165, 1.54) is 24.8 Å². The van der Waals surface area contributed by atoms with Gasteiger partial charge in [0, 0.05) is 24.5 Å². The third kappa shape index (κ3) is 3.90. The SMILES string of the molecule is CCC1CCCCN1c1cncc(C(=O)Nc2c(C)cc(C)cc2C)c1. The van der Waals surface area contributed by atoms with Gasteiger partial charge in [-0.3, -0.25) is 9.78 Å². The maximum absolute atomic E-state index is 12.8. The van der Waals surface area contributed by atoms with Gasteiger partial charge in [-0.2, -0.15) is 0 Å². The molecule has 1 N–H and O–H groups in total. The Bertz CT molecular complexity index is 777. The molecule has 1 aromatic heterocycles. The third-order valence-corrected chi connectivity index (χ3v) is 5.33. The quantitative estimate of drug-likeness (QED) is 0.840. The van der Waals surface area contributed by atoms with Crippen LogP contribution < -0.4 is 10.2 Å². The molecule has 1 aliphatic heterocycles. The Labute approximate surface area is 156 Å². The van der Waals surface area contributed by atoms with Crippen molar-refractivity contribution in [3.63, 3.8) is 0 Å². The number of benzene rings is 1. The minimum Gasteiger partial charge on any atom is -0.367 e. The van der Waals surface area contributed by atoms with Crippen molar-refractivity contribution < 1.29 is 4.79 Å². The second-order valence-corrected chi connectivity index (χ2v) is 7.41. The minimum absolute atomic E-state index is 0.0977. The minimum atomic E-state index is -0.0977. The van der Waals surface area contributed by atoms with E-state index in [0.29, 0.717) is 11.6 Å². The van der Waals surface area contributed by atoms with Crippen molar-refractivity contribution in [1.29, 1.82) is 0 Å². The van der Waals surface area contributed by atoms with E-state index < -0.39 is 0 Å². The van der Waals surface area contributed by atoms with Gasteiger partial charge in [-0.25, -0.2) is 0 Å². The Morgan fingerprint density at radius 2 is 1.88 bits per heavy atom. The zero-order valence-corrected chi connectivity index (χ0v) is 16.3. The molecule has 1 saturated heterocycles. The number of amides is 1. The van der Waals surface area contributed by atoms with Crippen LogP contribution in [0.1, 0.15) is 59.7 Å². The summed E-state index contributed by atoms with van der Waals surface area (Å²) in [6.45, 7) is 9.41. The summed E-state index contributed by atoms with van der Waals surface area (Å²) in [5.74, 6) is -0.0977. The summed E-state index contributed by atoms with van der Waals surface area (Å²) in [6, 6.07) is 6.72. The molecule has 1 aromatic carbocycles. The standard InChI is InChI=1S/C22H29N3O/c1-5-19-8-6-7-9-25(19)20-12-18(13-23-14-20)22(26)24-21-16(3)10-15(2)11-17(21)4/h10-14,19H,5-9H2,1-4H3,(H,24,26). The summed E-state index contributed by atoms with van der Waals surface area (Å²) in [7, 11) is 0. The molecule has 4 nitrogen and oxygen atoms in total. The number of nitrogens with one attached hydrogen (secondary N) is 1. The van der Waals surface area contributed by atoms with Gasteiger partial charge in [0.05, 0.1) is 17.4 Å². The van der Waals surface area contributed by atoms with Gasteiger partial charge in [-0.1, -0.05) is 24.6 Å². The van der Waals surface area contributed by atoms with E-state index >= 15 is 0 Å². The van der Waals surface area contributed by atoms with E-state index in [9.17, 15) is 4.79 Å². The maximum Gasteiger partial charge on any atom is 0.257 e. The van der Waals surface area contributed by atoms with Crippen LogP contribution in [0.4, 0.5) is 11.4 Å². The van der Waals surface area contributed by atoms with Crippen molar-refractivity contribution in [2.75, 3.05) is 16.8 Å². The molecule has 2 aromatic rings.